The van der Waals surface area contributed by atoms with Crippen LogP contribution in [-0.4, -0.2) is 24.1 Å². The van der Waals surface area contributed by atoms with Crippen LogP contribution in [0.5, 0.6) is 0 Å². The van der Waals surface area contributed by atoms with E-state index in [4.69, 9.17) is 16.9 Å². The Morgan fingerprint density at radius 2 is 2.05 bits per heavy atom. The van der Waals surface area contributed by atoms with Crippen LogP contribution in [0.4, 0.5) is 17.3 Å². The SMILES string of the molecule is CN(C)c1ccc(Nc2ccc(Cl)c(C#N)n2)cn1. The summed E-state index contributed by atoms with van der Waals surface area (Å²) in [7, 11) is 3.85. The van der Waals surface area contributed by atoms with Crippen molar-refractivity contribution in [2.45, 2.75) is 0 Å². The zero-order valence-corrected chi connectivity index (χ0v) is 11.3. The Bertz CT molecular complexity index is 616. The fourth-order valence-corrected chi connectivity index (χ4v) is 1.61. The van der Waals surface area contributed by atoms with Gasteiger partial charge in [-0.15, -0.1) is 0 Å². The van der Waals surface area contributed by atoms with Crippen LogP contribution in [0.1, 0.15) is 5.69 Å². The van der Waals surface area contributed by atoms with Crippen molar-refractivity contribution in [2.24, 2.45) is 0 Å². The summed E-state index contributed by atoms with van der Waals surface area (Å²) < 4.78 is 0. The predicted molar refractivity (Wildman–Crippen MR) is 75.8 cm³/mol. The zero-order chi connectivity index (χ0) is 13.8. The molecule has 0 bridgehead atoms. The minimum atomic E-state index is 0.199. The van der Waals surface area contributed by atoms with Gasteiger partial charge in [0.05, 0.1) is 16.9 Å². The van der Waals surface area contributed by atoms with Crippen molar-refractivity contribution in [1.82, 2.24) is 9.97 Å². The van der Waals surface area contributed by atoms with Gasteiger partial charge in [0.2, 0.25) is 0 Å². The van der Waals surface area contributed by atoms with E-state index in [1.54, 1.807) is 18.3 Å². The van der Waals surface area contributed by atoms with Crippen molar-refractivity contribution in [3.63, 3.8) is 0 Å². The van der Waals surface area contributed by atoms with E-state index in [1.165, 1.54) is 0 Å². The van der Waals surface area contributed by atoms with E-state index < -0.39 is 0 Å². The van der Waals surface area contributed by atoms with E-state index >= 15 is 0 Å². The van der Waals surface area contributed by atoms with Crippen molar-refractivity contribution < 1.29 is 0 Å². The molecule has 19 heavy (non-hydrogen) atoms. The molecule has 0 unspecified atom stereocenters. The quantitative estimate of drug-likeness (QED) is 0.931. The molecule has 0 fully saturated rings. The lowest BCUT2D eigenvalue weighted by molar-refractivity contribution is 1.07. The summed E-state index contributed by atoms with van der Waals surface area (Å²) in [5.74, 6) is 1.42. The molecule has 5 nitrogen and oxygen atoms in total. The van der Waals surface area contributed by atoms with Crippen molar-refractivity contribution in [2.75, 3.05) is 24.3 Å². The summed E-state index contributed by atoms with van der Waals surface area (Å²) in [6.45, 7) is 0. The Hall–Kier alpha value is -2.32. The average Bonchev–Trinajstić information content (AvgIpc) is 2.41. The molecule has 0 radical (unpaired) electrons. The van der Waals surface area contributed by atoms with Gasteiger partial charge in [0.25, 0.3) is 0 Å². The van der Waals surface area contributed by atoms with E-state index in [9.17, 15) is 0 Å². The van der Waals surface area contributed by atoms with Crippen molar-refractivity contribution in [3.8, 4) is 6.07 Å². The summed E-state index contributed by atoms with van der Waals surface area (Å²) in [5.41, 5.74) is 0.994. The van der Waals surface area contributed by atoms with Gasteiger partial charge in [-0.1, -0.05) is 11.6 Å². The summed E-state index contributed by atoms with van der Waals surface area (Å²) >= 11 is 5.82. The van der Waals surface area contributed by atoms with Crippen LogP contribution in [0.25, 0.3) is 0 Å². The van der Waals surface area contributed by atoms with Crippen molar-refractivity contribution in [3.05, 3.63) is 41.2 Å². The molecule has 1 N–H and O–H groups in total. The topological polar surface area (TPSA) is 64.8 Å². The molecule has 0 aromatic carbocycles. The number of anilines is 3. The molecule has 0 saturated carbocycles. The number of aromatic nitrogens is 2. The first-order valence-corrected chi connectivity index (χ1v) is 5.95. The summed E-state index contributed by atoms with van der Waals surface area (Å²) in [5, 5.41) is 12.3. The van der Waals surface area contributed by atoms with E-state index in [-0.39, 0.29) is 5.69 Å². The first kappa shape index (κ1) is 13.1. The van der Waals surface area contributed by atoms with Gasteiger partial charge in [-0.05, 0) is 24.3 Å². The molecule has 2 heterocycles. The monoisotopic (exact) mass is 273 g/mol. The van der Waals surface area contributed by atoms with Crippen molar-refractivity contribution in [1.29, 1.82) is 5.26 Å². The van der Waals surface area contributed by atoms with Crippen LogP contribution in [0.3, 0.4) is 0 Å². The highest BCUT2D eigenvalue weighted by atomic mass is 35.5. The second-order valence-corrected chi connectivity index (χ2v) is 4.47. The molecular weight excluding hydrogens is 262 g/mol. The molecule has 0 spiro atoms. The third kappa shape index (κ3) is 3.12. The number of pyridine rings is 2. The third-order valence-electron chi connectivity index (χ3n) is 2.43. The zero-order valence-electron chi connectivity index (χ0n) is 10.6. The van der Waals surface area contributed by atoms with Gasteiger partial charge in [0.1, 0.15) is 17.7 Å². The number of rotatable bonds is 3. The lowest BCUT2D eigenvalue weighted by Crippen LogP contribution is -2.10. The van der Waals surface area contributed by atoms with E-state index in [1.807, 2.05) is 37.2 Å². The van der Waals surface area contributed by atoms with Gasteiger partial charge < -0.3 is 10.2 Å². The molecule has 0 amide bonds. The summed E-state index contributed by atoms with van der Waals surface area (Å²) in [4.78, 5) is 10.3. The fraction of sp³-hybridized carbons (Fsp3) is 0.154. The average molecular weight is 274 g/mol. The number of hydrogen-bond acceptors (Lipinski definition) is 5. The Kier molecular flexibility index (Phi) is 3.83. The van der Waals surface area contributed by atoms with Crippen molar-refractivity contribution >= 4 is 28.9 Å². The van der Waals surface area contributed by atoms with Gasteiger partial charge in [0.15, 0.2) is 5.69 Å². The predicted octanol–water partition coefficient (Wildman–Crippen LogP) is 2.81. The number of nitrogens with one attached hydrogen (secondary N) is 1. The maximum atomic E-state index is 8.86. The number of halogens is 1. The molecule has 0 atom stereocenters. The van der Waals surface area contributed by atoms with Gasteiger partial charge in [0, 0.05) is 14.1 Å². The minimum absolute atomic E-state index is 0.199. The normalized spacial score (nSPS) is 9.79. The Morgan fingerprint density at radius 1 is 1.26 bits per heavy atom. The number of nitriles is 1. The number of hydrogen-bond donors (Lipinski definition) is 1. The van der Waals surface area contributed by atoms with Crippen LogP contribution in [0.15, 0.2) is 30.5 Å². The second-order valence-electron chi connectivity index (χ2n) is 4.06. The van der Waals surface area contributed by atoms with Gasteiger partial charge in [-0.2, -0.15) is 5.26 Å². The number of nitrogens with zero attached hydrogens (tertiary/aromatic N) is 4. The van der Waals surface area contributed by atoms with E-state index in [0.29, 0.717) is 10.8 Å². The molecular formula is C13H12ClN5. The smallest absolute Gasteiger partial charge is 0.161 e. The highest BCUT2D eigenvalue weighted by molar-refractivity contribution is 6.31. The van der Waals surface area contributed by atoms with Gasteiger partial charge >= 0.3 is 0 Å². The fourth-order valence-electron chi connectivity index (χ4n) is 1.46. The molecule has 6 heteroatoms. The first-order valence-electron chi connectivity index (χ1n) is 5.57. The van der Waals surface area contributed by atoms with Crippen LogP contribution >= 0.6 is 11.6 Å². The van der Waals surface area contributed by atoms with Crippen LogP contribution in [-0.2, 0) is 0 Å². The molecule has 0 aliphatic carbocycles. The van der Waals surface area contributed by atoms with E-state index in [2.05, 4.69) is 15.3 Å². The lowest BCUT2D eigenvalue weighted by Gasteiger charge is -2.12. The van der Waals surface area contributed by atoms with E-state index in [0.717, 1.165) is 11.5 Å². The molecule has 0 aliphatic rings. The Balaban J connectivity index is 2.19. The van der Waals surface area contributed by atoms with Gasteiger partial charge in [-0.25, -0.2) is 9.97 Å². The molecule has 96 valence electrons. The standard InChI is InChI=1S/C13H12ClN5/c1-19(2)13-6-3-9(8-16-13)17-12-5-4-10(14)11(7-15)18-12/h3-6,8H,1-2H3,(H,17,18). The Labute approximate surface area is 116 Å². The van der Waals surface area contributed by atoms with Crippen LogP contribution in [0, 0.1) is 11.3 Å². The van der Waals surface area contributed by atoms with Crippen LogP contribution in [0.2, 0.25) is 5.02 Å². The molecule has 0 aliphatic heterocycles. The summed E-state index contributed by atoms with van der Waals surface area (Å²) in [6, 6.07) is 9.07. The Morgan fingerprint density at radius 3 is 2.63 bits per heavy atom. The highest BCUT2D eigenvalue weighted by Gasteiger charge is 2.04. The molecule has 2 aromatic rings. The maximum absolute atomic E-state index is 8.86. The highest BCUT2D eigenvalue weighted by Crippen LogP contribution is 2.20. The molecule has 0 saturated heterocycles. The summed E-state index contributed by atoms with van der Waals surface area (Å²) in [6.07, 6.45) is 1.71. The second kappa shape index (κ2) is 5.55. The molecule has 2 rings (SSSR count). The first-order chi connectivity index (χ1) is 9.10. The minimum Gasteiger partial charge on any atom is -0.363 e. The largest absolute Gasteiger partial charge is 0.363 e. The third-order valence-corrected chi connectivity index (χ3v) is 2.74. The molecule has 2 aromatic heterocycles. The maximum Gasteiger partial charge on any atom is 0.161 e. The van der Waals surface area contributed by atoms with Gasteiger partial charge in [-0.3, -0.25) is 0 Å². The lowest BCUT2D eigenvalue weighted by atomic mass is 10.3. The van der Waals surface area contributed by atoms with Crippen LogP contribution < -0.4 is 10.2 Å².